The van der Waals surface area contributed by atoms with E-state index in [1.165, 1.54) is 27.4 Å². The fourth-order valence-corrected chi connectivity index (χ4v) is 7.99. The third-order valence-electron chi connectivity index (χ3n) is 8.20. The molecular formula is C39H41BN2OSi. The molecule has 0 atom stereocenters. The molecule has 0 radical (unpaired) electrons. The van der Waals surface area contributed by atoms with Gasteiger partial charge in [-0.25, -0.2) is 4.98 Å². The fourth-order valence-electron chi connectivity index (χ4n) is 5.68. The zero-order valence-corrected chi connectivity index (χ0v) is 27.2. The summed E-state index contributed by atoms with van der Waals surface area (Å²) >= 11 is 0. The van der Waals surface area contributed by atoms with Crippen LogP contribution in [-0.2, 0) is 5.16 Å². The molecule has 1 aromatic heterocycles. The highest BCUT2D eigenvalue weighted by molar-refractivity contribution is 6.57. The molecule has 0 bridgehead atoms. The van der Waals surface area contributed by atoms with Crippen molar-refractivity contribution in [3.05, 3.63) is 187 Å². The van der Waals surface area contributed by atoms with Crippen LogP contribution in [0.5, 0.6) is 5.75 Å². The average Bonchev–Trinajstić information content (AvgIpc) is 3.65. The summed E-state index contributed by atoms with van der Waals surface area (Å²) in [7, 11) is 1.40. The van der Waals surface area contributed by atoms with E-state index in [1.807, 2.05) is 12.5 Å². The van der Waals surface area contributed by atoms with Crippen LogP contribution < -0.4 is 9.92 Å². The van der Waals surface area contributed by atoms with Crippen molar-refractivity contribution in [3.63, 3.8) is 0 Å². The maximum Gasteiger partial charge on any atom is 0.119 e. The summed E-state index contributed by atoms with van der Waals surface area (Å²) in [5.41, 5.74) is 5.34. The van der Waals surface area contributed by atoms with Crippen molar-refractivity contribution in [3.8, 4) is 5.75 Å². The molecule has 0 aliphatic heterocycles. The van der Waals surface area contributed by atoms with Crippen LogP contribution in [0.3, 0.4) is 0 Å². The summed E-state index contributed by atoms with van der Waals surface area (Å²) in [6.07, 6.45) is 8.15. The second-order valence-corrected chi connectivity index (χ2v) is 13.3. The van der Waals surface area contributed by atoms with E-state index in [9.17, 15) is 0 Å². The number of ether oxygens (including phenoxy) is 1. The Bertz CT molecular complexity index is 1550. The lowest BCUT2D eigenvalue weighted by Gasteiger charge is -2.37. The quantitative estimate of drug-likeness (QED) is 0.124. The Kier molecular flexibility index (Phi) is 11.0. The molecule has 0 saturated heterocycles. The molecule has 3 nitrogen and oxygen atoms in total. The van der Waals surface area contributed by atoms with E-state index >= 15 is 0 Å². The van der Waals surface area contributed by atoms with Gasteiger partial charge in [0.2, 0.25) is 0 Å². The zero-order valence-electron chi connectivity index (χ0n) is 25.8. The molecule has 6 rings (SSSR count). The maximum absolute atomic E-state index is 5.87. The topological polar surface area (TPSA) is 27.1 Å². The summed E-state index contributed by atoms with van der Waals surface area (Å²) in [5, 5.41) is 1.14. The number of hydrogen-bond donors (Lipinski definition) is 0. The second-order valence-electron chi connectivity index (χ2n) is 11.1. The number of imidazole rings is 1. The van der Waals surface area contributed by atoms with Gasteiger partial charge >= 0.3 is 0 Å². The predicted octanol–water partition coefficient (Wildman–Crippen LogP) is 6.71. The molecule has 0 aliphatic rings. The van der Waals surface area contributed by atoms with Gasteiger partial charge in [-0.3, -0.25) is 0 Å². The minimum absolute atomic E-state index is 0.246. The third kappa shape index (κ3) is 7.66. The molecule has 0 aliphatic carbocycles. The van der Waals surface area contributed by atoms with Crippen LogP contribution in [0.4, 0.5) is 0 Å². The highest BCUT2D eigenvalue weighted by atomic mass is 28.2. The summed E-state index contributed by atoms with van der Waals surface area (Å²) in [4.78, 5) is 4.40. The normalized spacial score (nSPS) is 11.3. The van der Waals surface area contributed by atoms with E-state index in [2.05, 4.69) is 176 Å². The smallest absolute Gasteiger partial charge is 0.119 e. The van der Waals surface area contributed by atoms with Crippen LogP contribution in [0.1, 0.15) is 47.8 Å². The fraction of sp³-hybridized carbons (Fsp3) is 0.154. The number of unbranched alkanes of at least 4 members (excludes halogenated alkanes) is 1. The molecular weight excluding hydrogens is 551 g/mol. The van der Waals surface area contributed by atoms with Gasteiger partial charge in [-0.15, -0.1) is 0 Å². The van der Waals surface area contributed by atoms with Gasteiger partial charge in [0.15, 0.2) is 0 Å². The Morgan fingerprint density at radius 1 is 0.705 bits per heavy atom. The van der Waals surface area contributed by atoms with E-state index in [1.54, 1.807) is 0 Å². The first-order chi connectivity index (χ1) is 21.7. The van der Waals surface area contributed by atoms with Crippen molar-refractivity contribution >= 4 is 22.6 Å². The predicted molar refractivity (Wildman–Crippen MR) is 190 cm³/mol. The van der Waals surface area contributed by atoms with Gasteiger partial charge in [0.25, 0.3) is 0 Å². The Balaban J connectivity index is 0.000000229. The number of rotatable bonds is 11. The lowest BCUT2D eigenvalue weighted by atomic mass is 9.76. The molecule has 0 spiro atoms. The Morgan fingerprint density at radius 2 is 1.20 bits per heavy atom. The van der Waals surface area contributed by atoms with Crippen LogP contribution in [0.25, 0.3) is 0 Å². The van der Waals surface area contributed by atoms with E-state index in [4.69, 9.17) is 4.74 Å². The van der Waals surface area contributed by atoms with E-state index in [0.29, 0.717) is 5.82 Å². The molecule has 0 unspecified atom stereocenters. The molecule has 1 heterocycles. The van der Waals surface area contributed by atoms with Gasteiger partial charge in [0.1, 0.15) is 13.6 Å². The van der Waals surface area contributed by atoms with Crippen molar-refractivity contribution in [2.75, 3.05) is 6.61 Å². The van der Waals surface area contributed by atoms with Crippen molar-refractivity contribution in [1.29, 1.82) is 0 Å². The standard InChI is InChI=1S/C26H28N2OSi.C13H13B/c1-2-3-20-29-24-14-16-25(17-15-24)30-26(28-19-18-27-21-28,22-10-6-4-7-11-22)23-12-8-5-9-13-23;14-13(11-7-3-1-4-8-11)12-9-5-2-6-10-12/h4-19,21H,2-3,20,30H2,1H3;1-10,13H,14H2. The van der Waals surface area contributed by atoms with Crippen LogP contribution in [0.2, 0.25) is 0 Å². The number of aromatic nitrogens is 2. The van der Waals surface area contributed by atoms with Gasteiger partial charge in [0, 0.05) is 12.4 Å². The molecule has 5 aromatic carbocycles. The van der Waals surface area contributed by atoms with Crippen molar-refractivity contribution in [1.82, 2.24) is 9.55 Å². The lowest BCUT2D eigenvalue weighted by molar-refractivity contribution is 0.309. The zero-order chi connectivity index (χ0) is 30.5. The van der Waals surface area contributed by atoms with Gasteiger partial charge in [-0.2, -0.15) is 0 Å². The summed E-state index contributed by atoms with van der Waals surface area (Å²) < 4.78 is 8.16. The Morgan fingerprint density at radius 3 is 1.66 bits per heavy atom. The molecule has 220 valence electrons. The molecule has 0 fully saturated rings. The Labute approximate surface area is 265 Å². The van der Waals surface area contributed by atoms with E-state index < -0.39 is 9.52 Å². The molecule has 5 heteroatoms. The summed E-state index contributed by atoms with van der Waals surface area (Å²) in [5.74, 6) is 1.44. The highest BCUT2D eigenvalue weighted by Crippen LogP contribution is 2.33. The Hall–Kier alpha value is -4.61. The minimum atomic E-state index is -0.842. The van der Waals surface area contributed by atoms with Gasteiger partial charge < -0.3 is 9.30 Å². The number of nitrogens with zero attached hydrogens (tertiary/aromatic N) is 2. The SMILES string of the molecule is BC(c1ccccc1)c1ccccc1.CCCCOc1ccc([SiH2]C(c2ccccc2)(c2ccccc2)n2ccnc2)cc1. The van der Waals surface area contributed by atoms with Crippen LogP contribution in [0, 0.1) is 0 Å². The van der Waals surface area contributed by atoms with Crippen molar-refractivity contribution in [2.24, 2.45) is 0 Å². The van der Waals surface area contributed by atoms with E-state index in [-0.39, 0.29) is 5.16 Å². The number of hydrogen-bond acceptors (Lipinski definition) is 2. The third-order valence-corrected chi connectivity index (χ3v) is 10.8. The minimum Gasteiger partial charge on any atom is -0.494 e. The lowest BCUT2D eigenvalue weighted by Crippen LogP contribution is -2.46. The number of benzene rings is 5. The molecule has 0 saturated carbocycles. The van der Waals surface area contributed by atoms with Crippen LogP contribution in [0.15, 0.2) is 164 Å². The molecule has 0 amide bonds. The maximum atomic E-state index is 5.87. The van der Waals surface area contributed by atoms with Crippen molar-refractivity contribution < 1.29 is 4.74 Å². The monoisotopic (exact) mass is 592 g/mol. The first-order valence-corrected chi connectivity index (χ1v) is 17.0. The molecule has 0 N–H and O–H groups in total. The molecule has 6 aromatic rings. The van der Waals surface area contributed by atoms with Crippen LogP contribution >= 0.6 is 0 Å². The summed E-state index contributed by atoms with van der Waals surface area (Å²) in [6, 6.07) is 51.5. The first kappa shape index (κ1) is 30.8. The second kappa shape index (κ2) is 15.7. The van der Waals surface area contributed by atoms with Crippen LogP contribution in [-0.4, -0.2) is 33.5 Å². The van der Waals surface area contributed by atoms with E-state index in [0.717, 1.165) is 25.2 Å². The van der Waals surface area contributed by atoms with Gasteiger partial charge in [-0.1, -0.05) is 152 Å². The highest BCUT2D eigenvalue weighted by Gasteiger charge is 2.36. The van der Waals surface area contributed by atoms with Gasteiger partial charge in [-0.05, 0) is 46.6 Å². The first-order valence-electron chi connectivity index (χ1n) is 15.6. The largest absolute Gasteiger partial charge is 0.494 e. The summed E-state index contributed by atoms with van der Waals surface area (Å²) in [6.45, 7) is 2.96. The van der Waals surface area contributed by atoms with Gasteiger partial charge in [0.05, 0.1) is 27.6 Å². The average molecular weight is 593 g/mol. The molecule has 44 heavy (non-hydrogen) atoms. The van der Waals surface area contributed by atoms with Crippen molar-refractivity contribution in [2.45, 2.75) is 30.7 Å².